The van der Waals surface area contributed by atoms with Gasteiger partial charge in [-0.05, 0) is 17.7 Å². The van der Waals surface area contributed by atoms with E-state index in [1.165, 1.54) is 17.7 Å². The lowest BCUT2D eigenvalue weighted by Crippen LogP contribution is -2.58. The number of carboxylic acid groups (broad SMARTS) is 1. The predicted molar refractivity (Wildman–Crippen MR) is 116 cm³/mol. The van der Waals surface area contributed by atoms with Gasteiger partial charge in [-0.15, -0.1) is 0 Å². The number of benzene rings is 3. The minimum atomic E-state index is -0.984. The molecular weight excluding hydrogens is 393 g/mol. The van der Waals surface area contributed by atoms with Crippen LogP contribution in [0.4, 0.5) is 4.39 Å². The SMILES string of the molecule is O=C(O)CCC(=O)[N+]1(Cc2ccc(F)cc2)CCc2ccccc2C1c1ccccc1. The standard InChI is InChI=1S/C26H24FNO3/c27-22-12-10-19(11-13-22)18-28(24(29)14-15-25(30)31)17-16-20-6-4-5-9-23(20)26(28)21-7-2-1-3-8-21/h1-13,26H,14-18H2/p+1. The maximum absolute atomic E-state index is 13.7. The van der Waals surface area contributed by atoms with E-state index in [4.69, 9.17) is 0 Å². The van der Waals surface area contributed by atoms with Crippen LogP contribution in [0, 0.1) is 5.82 Å². The average molecular weight is 418 g/mol. The lowest BCUT2D eigenvalue weighted by Gasteiger charge is -2.46. The first-order chi connectivity index (χ1) is 15.0. The van der Waals surface area contributed by atoms with Gasteiger partial charge in [0.1, 0.15) is 18.4 Å². The molecule has 0 saturated heterocycles. The second-order valence-corrected chi connectivity index (χ2v) is 8.09. The molecule has 5 heteroatoms. The van der Waals surface area contributed by atoms with Gasteiger partial charge in [0, 0.05) is 23.1 Å². The van der Waals surface area contributed by atoms with Crippen molar-refractivity contribution < 1.29 is 23.6 Å². The summed E-state index contributed by atoms with van der Waals surface area (Å²) in [7, 11) is 0. The molecule has 2 unspecified atom stereocenters. The molecule has 158 valence electrons. The van der Waals surface area contributed by atoms with Crippen LogP contribution in [0.3, 0.4) is 0 Å². The van der Waals surface area contributed by atoms with E-state index in [-0.39, 0.29) is 35.1 Å². The van der Waals surface area contributed by atoms with Crippen LogP contribution in [0.25, 0.3) is 0 Å². The van der Waals surface area contributed by atoms with E-state index in [2.05, 4.69) is 12.1 Å². The number of halogens is 1. The number of hydrogen-bond acceptors (Lipinski definition) is 2. The molecule has 0 aromatic heterocycles. The Kier molecular flexibility index (Phi) is 5.96. The van der Waals surface area contributed by atoms with Crippen molar-refractivity contribution in [3.8, 4) is 0 Å². The van der Waals surface area contributed by atoms with Crippen LogP contribution in [0.2, 0.25) is 0 Å². The molecule has 0 fully saturated rings. The molecule has 4 rings (SSSR count). The number of hydrogen-bond donors (Lipinski definition) is 1. The van der Waals surface area contributed by atoms with Gasteiger partial charge in [0.15, 0.2) is 0 Å². The van der Waals surface area contributed by atoms with Gasteiger partial charge >= 0.3 is 11.9 Å². The Balaban J connectivity index is 1.87. The fourth-order valence-corrected chi connectivity index (χ4v) is 4.72. The molecule has 1 N–H and O–H groups in total. The van der Waals surface area contributed by atoms with E-state index in [1.54, 1.807) is 12.1 Å². The Morgan fingerprint density at radius 3 is 2.29 bits per heavy atom. The van der Waals surface area contributed by atoms with E-state index in [0.717, 1.165) is 23.1 Å². The maximum atomic E-state index is 13.7. The summed E-state index contributed by atoms with van der Waals surface area (Å²) in [5, 5.41) is 9.20. The summed E-state index contributed by atoms with van der Waals surface area (Å²) in [6.45, 7) is 0.943. The number of carboxylic acids is 1. The van der Waals surface area contributed by atoms with Crippen molar-refractivity contribution in [2.45, 2.75) is 31.8 Å². The van der Waals surface area contributed by atoms with E-state index in [9.17, 15) is 19.1 Å². The van der Waals surface area contributed by atoms with Crippen LogP contribution in [0.5, 0.6) is 0 Å². The van der Waals surface area contributed by atoms with E-state index in [0.29, 0.717) is 13.1 Å². The molecule has 1 amide bonds. The highest BCUT2D eigenvalue weighted by atomic mass is 19.1. The van der Waals surface area contributed by atoms with Crippen molar-refractivity contribution in [2.75, 3.05) is 6.54 Å². The highest BCUT2D eigenvalue weighted by Crippen LogP contribution is 2.43. The van der Waals surface area contributed by atoms with Gasteiger partial charge in [-0.1, -0.05) is 66.7 Å². The second kappa shape index (κ2) is 8.82. The maximum Gasteiger partial charge on any atom is 0.315 e. The first-order valence-electron chi connectivity index (χ1n) is 10.5. The highest BCUT2D eigenvalue weighted by Gasteiger charge is 2.48. The lowest BCUT2D eigenvalue weighted by molar-refractivity contribution is -0.895. The fraction of sp³-hybridized carbons (Fsp3) is 0.231. The van der Waals surface area contributed by atoms with Crippen molar-refractivity contribution in [2.24, 2.45) is 0 Å². The minimum absolute atomic E-state index is 0.0397. The first kappa shape index (κ1) is 20.9. The molecule has 1 heterocycles. The zero-order chi connectivity index (χ0) is 21.8. The predicted octanol–water partition coefficient (Wildman–Crippen LogP) is 4.88. The van der Waals surface area contributed by atoms with Crippen molar-refractivity contribution >= 4 is 11.9 Å². The molecule has 3 aromatic rings. The van der Waals surface area contributed by atoms with Crippen LogP contribution in [-0.2, 0) is 22.6 Å². The van der Waals surface area contributed by atoms with Gasteiger partial charge in [0.05, 0.1) is 19.4 Å². The normalized spacial score (nSPS) is 20.1. The smallest absolute Gasteiger partial charge is 0.315 e. The molecule has 3 aromatic carbocycles. The number of carbonyl (C=O) groups is 2. The third kappa shape index (κ3) is 4.28. The van der Waals surface area contributed by atoms with E-state index >= 15 is 0 Å². The molecule has 0 bridgehead atoms. The molecule has 1 aliphatic rings. The molecule has 0 radical (unpaired) electrons. The number of aliphatic carboxylic acids is 1. The lowest BCUT2D eigenvalue weighted by atomic mass is 9.84. The third-order valence-electron chi connectivity index (χ3n) is 6.17. The zero-order valence-electron chi connectivity index (χ0n) is 17.2. The van der Waals surface area contributed by atoms with Crippen molar-refractivity contribution in [3.05, 3.63) is 107 Å². The van der Waals surface area contributed by atoms with E-state index in [1.807, 2.05) is 42.5 Å². The van der Waals surface area contributed by atoms with Gasteiger partial charge < -0.3 is 5.11 Å². The molecule has 0 saturated carbocycles. The zero-order valence-corrected chi connectivity index (χ0v) is 17.2. The summed E-state index contributed by atoms with van der Waals surface area (Å²) in [5.74, 6) is -1.41. The van der Waals surface area contributed by atoms with Gasteiger partial charge in [-0.2, -0.15) is 0 Å². The van der Waals surface area contributed by atoms with Gasteiger partial charge in [-0.3, -0.25) is 4.79 Å². The van der Waals surface area contributed by atoms with Crippen LogP contribution >= 0.6 is 0 Å². The number of amides is 1. The Morgan fingerprint density at radius 1 is 0.903 bits per heavy atom. The monoisotopic (exact) mass is 418 g/mol. The molecular formula is C26H25FNO3+. The van der Waals surface area contributed by atoms with Gasteiger partial charge in [0.25, 0.3) is 0 Å². The summed E-state index contributed by atoms with van der Waals surface area (Å²) < 4.78 is 13.6. The molecule has 2 atom stereocenters. The molecule has 4 nitrogen and oxygen atoms in total. The van der Waals surface area contributed by atoms with Crippen molar-refractivity contribution in [1.29, 1.82) is 0 Å². The first-order valence-corrected chi connectivity index (χ1v) is 10.5. The Morgan fingerprint density at radius 2 is 1.58 bits per heavy atom. The average Bonchev–Trinajstić information content (AvgIpc) is 2.79. The third-order valence-corrected chi connectivity index (χ3v) is 6.17. The quantitative estimate of drug-likeness (QED) is 0.581. The Bertz CT molecular complexity index is 1080. The van der Waals surface area contributed by atoms with Crippen molar-refractivity contribution in [3.63, 3.8) is 0 Å². The molecule has 0 aliphatic carbocycles. The minimum Gasteiger partial charge on any atom is -0.481 e. The summed E-state index contributed by atoms with van der Waals surface area (Å²) in [4.78, 5) is 25.0. The summed E-state index contributed by atoms with van der Waals surface area (Å²) in [6.07, 6.45) is 0.479. The van der Waals surface area contributed by atoms with Crippen LogP contribution in [0.15, 0.2) is 78.9 Å². The number of nitrogens with zero attached hydrogens (tertiary/aromatic N) is 1. The van der Waals surface area contributed by atoms with Gasteiger partial charge in [-0.25, -0.2) is 13.7 Å². The topological polar surface area (TPSA) is 54.4 Å². The Labute approximate surface area is 181 Å². The van der Waals surface area contributed by atoms with Crippen LogP contribution in [0.1, 0.15) is 41.1 Å². The summed E-state index contributed by atoms with van der Waals surface area (Å²) >= 11 is 0. The highest BCUT2D eigenvalue weighted by molar-refractivity contribution is 5.77. The molecule has 0 spiro atoms. The Hall–Kier alpha value is -3.31. The molecule has 1 aliphatic heterocycles. The second-order valence-electron chi connectivity index (χ2n) is 8.09. The largest absolute Gasteiger partial charge is 0.481 e. The van der Waals surface area contributed by atoms with Gasteiger partial charge in [0.2, 0.25) is 0 Å². The number of fused-ring (bicyclic) bond motifs is 1. The van der Waals surface area contributed by atoms with Crippen molar-refractivity contribution in [1.82, 2.24) is 0 Å². The van der Waals surface area contributed by atoms with E-state index < -0.39 is 5.97 Å². The van der Waals surface area contributed by atoms with Crippen LogP contribution in [-0.4, -0.2) is 28.0 Å². The van der Waals surface area contributed by atoms with Crippen LogP contribution < -0.4 is 0 Å². The fourth-order valence-electron chi connectivity index (χ4n) is 4.72. The number of quaternary nitrogens is 1. The summed E-state index contributed by atoms with van der Waals surface area (Å²) in [5.41, 5.74) is 4.16. The summed E-state index contributed by atoms with van der Waals surface area (Å²) in [6, 6.07) is 24.0. The number of carbonyl (C=O) groups excluding carboxylic acids is 1. The molecule has 31 heavy (non-hydrogen) atoms. The number of rotatable bonds is 6.